The third-order valence-electron chi connectivity index (χ3n) is 4.07. The number of rotatable bonds is 3. The minimum Gasteiger partial charge on any atom is -0.485 e. The Balaban J connectivity index is 1.85. The maximum atomic E-state index is 11.6. The van der Waals surface area contributed by atoms with Crippen molar-refractivity contribution in [3.8, 4) is 5.75 Å². The van der Waals surface area contributed by atoms with Gasteiger partial charge in [0.25, 0.3) is 0 Å². The van der Waals surface area contributed by atoms with Gasteiger partial charge in [-0.15, -0.1) is 0 Å². The summed E-state index contributed by atoms with van der Waals surface area (Å²) in [5.74, 6) is 0.597. The highest BCUT2D eigenvalue weighted by Gasteiger charge is 2.25. The molecular formula is C18H17BrO3. The number of esters is 1. The number of hydrogen-bond donors (Lipinski definition) is 0. The number of hydrogen-bond acceptors (Lipinski definition) is 3. The van der Waals surface area contributed by atoms with E-state index in [1.165, 1.54) is 12.7 Å². The van der Waals surface area contributed by atoms with Gasteiger partial charge in [-0.05, 0) is 55.2 Å². The van der Waals surface area contributed by atoms with Crippen LogP contribution in [0.3, 0.4) is 0 Å². The van der Waals surface area contributed by atoms with Crippen LogP contribution in [0.2, 0.25) is 0 Å². The van der Waals surface area contributed by atoms with Gasteiger partial charge in [-0.1, -0.05) is 28.1 Å². The Morgan fingerprint density at radius 1 is 1.27 bits per heavy atom. The van der Waals surface area contributed by atoms with Gasteiger partial charge in [0.2, 0.25) is 0 Å². The summed E-state index contributed by atoms with van der Waals surface area (Å²) in [6.07, 6.45) is 1.87. The van der Waals surface area contributed by atoms with E-state index in [1.54, 1.807) is 6.07 Å². The molecule has 0 saturated carbocycles. The Morgan fingerprint density at radius 2 is 2.09 bits per heavy atom. The van der Waals surface area contributed by atoms with E-state index in [0.717, 1.165) is 34.2 Å². The van der Waals surface area contributed by atoms with Crippen molar-refractivity contribution >= 4 is 21.9 Å². The largest absolute Gasteiger partial charge is 0.485 e. The molecule has 114 valence electrons. The van der Waals surface area contributed by atoms with Gasteiger partial charge in [0.05, 0.1) is 12.7 Å². The van der Waals surface area contributed by atoms with E-state index in [-0.39, 0.29) is 12.1 Å². The van der Waals surface area contributed by atoms with Gasteiger partial charge in [0.15, 0.2) is 0 Å². The van der Waals surface area contributed by atoms with Crippen LogP contribution < -0.4 is 4.74 Å². The fourth-order valence-electron chi connectivity index (χ4n) is 2.81. The van der Waals surface area contributed by atoms with Crippen LogP contribution >= 0.6 is 15.9 Å². The van der Waals surface area contributed by atoms with Crippen molar-refractivity contribution < 1.29 is 14.3 Å². The van der Waals surface area contributed by atoms with Crippen molar-refractivity contribution in [2.75, 3.05) is 7.11 Å². The van der Waals surface area contributed by atoms with Gasteiger partial charge in [-0.2, -0.15) is 0 Å². The standard InChI is InChI=1S/C18H17BrO3/c1-11-15(19)4-3-5-16(11)22-17-9-7-12-10-13(18(20)21-2)6-8-14(12)17/h3-6,8,10,17H,7,9H2,1-2H3. The zero-order valence-corrected chi connectivity index (χ0v) is 14.1. The summed E-state index contributed by atoms with van der Waals surface area (Å²) in [6.45, 7) is 2.04. The minimum atomic E-state index is -0.296. The second kappa shape index (κ2) is 6.13. The first kappa shape index (κ1) is 15.1. The number of halogens is 1. The van der Waals surface area contributed by atoms with Crippen molar-refractivity contribution in [3.05, 3.63) is 63.1 Å². The van der Waals surface area contributed by atoms with E-state index in [4.69, 9.17) is 9.47 Å². The maximum absolute atomic E-state index is 11.6. The molecule has 0 spiro atoms. The summed E-state index contributed by atoms with van der Waals surface area (Å²) in [5.41, 5.74) is 4.02. The maximum Gasteiger partial charge on any atom is 0.337 e. The molecule has 0 fully saturated rings. The van der Waals surface area contributed by atoms with Gasteiger partial charge >= 0.3 is 5.97 Å². The van der Waals surface area contributed by atoms with E-state index in [0.29, 0.717) is 5.56 Å². The molecule has 0 aromatic heterocycles. The fourth-order valence-corrected chi connectivity index (χ4v) is 3.16. The third kappa shape index (κ3) is 2.75. The molecule has 0 N–H and O–H groups in total. The van der Waals surface area contributed by atoms with Crippen LogP contribution in [0.1, 0.15) is 39.6 Å². The highest BCUT2D eigenvalue weighted by atomic mass is 79.9. The number of aryl methyl sites for hydroxylation is 1. The predicted octanol–water partition coefficient (Wildman–Crippen LogP) is 4.61. The lowest BCUT2D eigenvalue weighted by atomic mass is 10.1. The summed E-state index contributed by atoms with van der Waals surface area (Å²) in [7, 11) is 1.40. The lowest BCUT2D eigenvalue weighted by molar-refractivity contribution is 0.0600. The molecule has 0 amide bonds. The first-order valence-electron chi connectivity index (χ1n) is 7.23. The molecule has 22 heavy (non-hydrogen) atoms. The van der Waals surface area contributed by atoms with Crippen LogP contribution in [0.4, 0.5) is 0 Å². The van der Waals surface area contributed by atoms with E-state index < -0.39 is 0 Å². The summed E-state index contributed by atoms with van der Waals surface area (Å²) >= 11 is 3.53. The first-order chi connectivity index (χ1) is 10.6. The van der Waals surface area contributed by atoms with Crippen LogP contribution in [0.5, 0.6) is 5.75 Å². The van der Waals surface area contributed by atoms with Gasteiger partial charge in [0, 0.05) is 10.0 Å². The SMILES string of the molecule is COC(=O)c1ccc2c(c1)CCC2Oc1cccc(Br)c1C. The second-order valence-corrected chi connectivity index (χ2v) is 6.27. The lowest BCUT2D eigenvalue weighted by Gasteiger charge is -2.17. The molecule has 3 nitrogen and oxygen atoms in total. The molecule has 0 aliphatic heterocycles. The molecule has 0 radical (unpaired) electrons. The van der Waals surface area contributed by atoms with Gasteiger partial charge in [-0.25, -0.2) is 4.79 Å². The molecule has 0 bridgehead atoms. The average Bonchev–Trinajstić information content (AvgIpc) is 2.93. The Morgan fingerprint density at radius 3 is 2.86 bits per heavy atom. The zero-order valence-electron chi connectivity index (χ0n) is 12.6. The van der Waals surface area contributed by atoms with E-state index in [9.17, 15) is 4.79 Å². The molecule has 3 rings (SSSR count). The molecule has 4 heteroatoms. The van der Waals surface area contributed by atoms with Crippen LogP contribution in [0.15, 0.2) is 40.9 Å². The summed E-state index contributed by atoms with van der Waals surface area (Å²) in [6, 6.07) is 11.7. The van der Waals surface area contributed by atoms with Crippen LogP contribution in [-0.4, -0.2) is 13.1 Å². The average molecular weight is 361 g/mol. The van der Waals surface area contributed by atoms with E-state index in [1.807, 2.05) is 37.3 Å². The molecule has 1 aliphatic rings. The summed E-state index contributed by atoms with van der Waals surface area (Å²) < 4.78 is 12.0. The highest BCUT2D eigenvalue weighted by molar-refractivity contribution is 9.10. The molecule has 0 saturated heterocycles. The highest BCUT2D eigenvalue weighted by Crippen LogP contribution is 2.37. The van der Waals surface area contributed by atoms with Crippen molar-refractivity contribution in [2.24, 2.45) is 0 Å². The normalized spacial score (nSPS) is 16.2. The lowest BCUT2D eigenvalue weighted by Crippen LogP contribution is -2.06. The van der Waals surface area contributed by atoms with Crippen molar-refractivity contribution in [2.45, 2.75) is 25.9 Å². The summed E-state index contributed by atoms with van der Waals surface area (Å²) in [5, 5.41) is 0. The molecular weight excluding hydrogens is 344 g/mol. The Labute approximate surface area is 138 Å². The molecule has 1 unspecified atom stereocenters. The van der Waals surface area contributed by atoms with Gasteiger partial charge in [0.1, 0.15) is 11.9 Å². The quantitative estimate of drug-likeness (QED) is 0.749. The van der Waals surface area contributed by atoms with Crippen LogP contribution in [0.25, 0.3) is 0 Å². The van der Waals surface area contributed by atoms with Crippen LogP contribution in [0, 0.1) is 6.92 Å². The minimum absolute atomic E-state index is 0.0368. The predicted molar refractivity (Wildman–Crippen MR) is 88.4 cm³/mol. The second-order valence-electron chi connectivity index (χ2n) is 5.41. The molecule has 0 heterocycles. The third-order valence-corrected chi connectivity index (χ3v) is 4.93. The number of fused-ring (bicyclic) bond motifs is 1. The van der Waals surface area contributed by atoms with Crippen molar-refractivity contribution in [3.63, 3.8) is 0 Å². The molecule has 2 aromatic carbocycles. The van der Waals surface area contributed by atoms with Crippen molar-refractivity contribution in [1.29, 1.82) is 0 Å². The number of carbonyl (C=O) groups is 1. The Kier molecular flexibility index (Phi) is 4.21. The summed E-state index contributed by atoms with van der Waals surface area (Å²) in [4.78, 5) is 11.6. The number of benzene rings is 2. The molecule has 2 aromatic rings. The van der Waals surface area contributed by atoms with Gasteiger partial charge < -0.3 is 9.47 Å². The number of ether oxygens (including phenoxy) is 2. The Hall–Kier alpha value is -1.81. The Bertz CT molecular complexity index is 724. The molecule has 1 aliphatic carbocycles. The number of carbonyl (C=O) groups excluding carboxylic acids is 1. The first-order valence-corrected chi connectivity index (χ1v) is 8.02. The van der Waals surface area contributed by atoms with Crippen molar-refractivity contribution in [1.82, 2.24) is 0 Å². The topological polar surface area (TPSA) is 35.5 Å². The van der Waals surface area contributed by atoms with E-state index >= 15 is 0 Å². The van der Waals surface area contributed by atoms with Crippen LogP contribution in [-0.2, 0) is 11.2 Å². The fraction of sp³-hybridized carbons (Fsp3) is 0.278. The number of methoxy groups -OCH3 is 1. The van der Waals surface area contributed by atoms with Gasteiger partial charge in [-0.3, -0.25) is 0 Å². The molecule has 1 atom stereocenters. The van der Waals surface area contributed by atoms with E-state index in [2.05, 4.69) is 15.9 Å². The smallest absolute Gasteiger partial charge is 0.337 e. The monoisotopic (exact) mass is 360 g/mol. The zero-order chi connectivity index (χ0) is 15.7.